The molecule has 0 fully saturated rings. The van der Waals surface area contributed by atoms with Crippen LogP contribution in [-0.4, -0.2) is 21.6 Å². The van der Waals surface area contributed by atoms with Crippen LogP contribution in [0.5, 0.6) is 5.75 Å². The lowest BCUT2D eigenvalue weighted by atomic mass is 10.1. The number of nitrogens with one attached hydrogen (secondary N) is 1. The maximum atomic E-state index is 11.3. The van der Waals surface area contributed by atoms with Crippen LogP contribution < -0.4 is 5.32 Å². The molecule has 122 valence electrons. The lowest BCUT2D eigenvalue weighted by molar-refractivity contribution is -0.383. The zero-order chi connectivity index (χ0) is 16.9. The fourth-order valence-corrected chi connectivity index (χ4v) is 2.65. The molecule has 1 aromatic heterocycles. The number of aromatic nitrogens is 1. The van der Waals surface area contributed by atoms with E-state index in [-0.39, 0.29) is 17.0 Å². The number of phenols is 1. The van der Waals surface area contributed by atoms with Crippen molar-refractivity contribution in [2.24, 2.45) is 0 Å². The van der Waals surface area contributed by atoms with Crippen LogP contribution in [0.2, 0.25) is 0 Å². The van der Waals surface area contributed by atoms with Gasteiger partial charge in [-0.15, -0.1) is 0 Å². The van der Waals surface area contributed by atoms with Crippen LogP contribution in [0, 0.1) is 10.1 Å². The van der Waals surface area contributed by atoms with Gasteiger partial charge in [0, 0.05) is 24.4 Å². The maximum Gasteiger partial charge on any atom is 0.279 e. The smallest absolute Gasteiger partial charge is 0.279 e. The maximum absolute atomic E-state index is 11.3. The Balaban J connectivity index is 1.77. The fourth-order valence-electron chi connectivity index (χ4n) is 2.65. The van der Waals surface area contributed by atoms with Crippen LogP contribution in [0.3, 0.4) is 0 Å². The van der Waals surface area contributed by atoms with Gasteiger partial charge >= 0.3 is 0 Å². The lowest BCUT2D eigenvalue weighted by Gasteiger charge is -2.09. The summed E-state index contributed by atoms with van der Waals surface area (Å²) in [6.45, 7) is 1.05. The number of nitrogens with zero attached hydrogens (tertiary/aromatic N) is 2. The summed E-state index contributed by atoms with van der Waals surface area (Å²) in [5, 5.41) is 25.2. The van der Waals surface area contributed by atoms with Crippen molar-refractivity contribution in [2.45, 2.75) is 13.0 Å². The highest BCUT2D eigenvalue weighted by molar-refractivity contribution is 5.93. The predicted molar refractivity (Wildman–Crippen MR) is 91.9 cm³/mol. The van der Waals surface area contributed by atoms with Crippen molar-refractivity contribution in [3.05, 3.63) is 76.0 Å². The SMILES string of the molecule is O=[N+]([O-])c1cc(CNCCc2ccccc2)c(O)c2ncccc12. The first kappa shape index (κ1) is 15.9. The topological polar surface area (TPSA) is 88.3 Å². The summed E-state index contributed by atoms with van der Waals surface area (Å²) >= 11 is 0. The highest BCUT2D eigenvalue weighted by Gasteiger charge is 2.19. The molecule has 3 rings (SSSR count). The molecule has 0 amide bonds. The average Bonchev–Trinajstić information content (AvgIpc) is 2.61. The molecule has 6 heteroatoms. The van der Waals surface area contributed by atoms with Gasteiger partial charge in [0.25, 0.3) is 5.69 Å². The van der Waals surface area contributed by atoms with Crippen molar-refractivity contribution in [1.82, 2.24) is 10.3 Å². The average molecular weight is 323 g/mol. The van der Waals surface area contributed by atoms with Gasteiger partial charge in [0.1, 0.15) is 11.3 Å². The number of benzene rings is 2. The van der Waals surface area contributed by atoms with Crippen LogP contribution in [0.4, 0.5) is 5.69 Å². The van der Waals surface area contributed by atoms with Crippen molar-refractivity contribution in [3.8, 4) is 5.75 Å². The summed E-state index contributed by atoms with van der Waals surface area (Å²) in [4.78, 5) is 14.9. The Labute approximate surface area is 138 Å². The third-order valence-electron chi connectivity index (χ3n) is 3.87. The van der Waals surface area contributed by atoms with Gasteiger partial charge in [0.2, 0.25) is 0 Å². The molecule has 3 aromatic rings. The second-order valence-corrected chi connectivity index (χ2v) is 5.47. The van der Waals surface area contributed by atoms with Crippen molar-refractivity contribution in [3.63, 3.8) is 0 Å². The summed E-state index contributed by atoms with van der Waals surface area (Å²) in [6, 6.07) is 14.7. The monoisotopic (exact) mass is 323 g/mol. The van der Waals surface area contributed by atoms with E-state index in [1.165, 1.54) is 17.8 Å². The van der Waals surface area contributed by atoms with Crippen molar-refractivity contribution < 1.29 is 10.0 Å². The minimum Gasteiger partial charge on any atom is -0.505 e. The zero-order valence-electron chi connectivity index (χ0n) is 13.0. The van der Waals surface area contributed by atoms with Gasteiger partial charge in [-0.2, -0.15) is 0 Å². The summed E-state index contributed by atoms with van der Waals surface area (Å²) in [5.41, 5.74) is 1.89. The molecule has 0 saturated carbocycles. The summed E-state index contributed by atoms with van der Waals surface area (Å²) < 4.78 is 0. The molecule has 0 aliphatic rings. The van der Waals surface area contributed by atoms with Gasteiger partial charge in [-0.1, -0.05) is 30.3 Å². The first-order chi connectivity index (χ1) is 11.7. The highest BCUT2D eigenvalue weighted by atomic mass is 16.6. The standard InChI is InChI=1S/C18H17N3O3/c22-18-14(12-19-10-8-13-5-2-1-3-6-13)11-16(21(23)24)15-7-4-9-20-17(15)18/h1-7,9,11,19,22H,8,10,12H2. The van der Waals surface area contributed by atoms with Gasteiger partial charge in [-0.3, -0.25) is 15.1 Å². The van der Waals surface area contributed by atoms with Gasteiger partial charge in [0.15, 0.2) is 0 Å². The fraction of sp³-hybridized carbons (Fsp3) is 0.167. The number of phenolic OH excluding ortho intramolecular Hbond substituents is 1. The number of hydrogen-bond acceptors (Lipinski definition) is 5. The molecular formula is C18H17N3O3. The second kappa shape index (κ2) is 7.06. The normalized spacial score (nSPS) is 10.8. The van der Waals surface area contributed by atoms with E-state index in [1.54, 1.807) is 12.1 Å². The van der Waals surface area contributed by atoms with E-state index in [0.717, 1.165) is 6.42 Å². The largest absolute Gasteiger partial charge is 0.505 e. The number of non-ortho nitro benzene ring substituents is 1. The molecule has 0 unspecified atom stereocenters. The molecule has 24 heavy (non-hydrogen) atoms. The molecule has 0 atom stereocenters. The number of aromatic hydroxyl groups is 1. The van der Waals surface area contributed by atoms with Gasteiger partial charge in [-0.05, 0) is 30.7 Å². The van der Waals surface area contributed by atoms with E-state index < -0.39 is 4.92 Å². The molecule has 0 aliphatic heterocycles. The second-order valence-electron chi connectivity index (χ2n) is 5.47. The predicted octanol–water partition coefficient (Wildman–Crippen LogP) is 3.18. The summed E-state index contributed by atoms with van der Waals surface area (Å²) in [7, 11) is 0. The molecular weight excluding hydrogens is 306 g/mol. The molecule has 2 N–H and O–H groups in total. The molecule has 0 aliphatic carbocycles. The van der Waals surface area contributed by atoms with E-state index in [4.69, 9.17) is 0 Å². The molecule has 1 heterocycles. The molecule has 6 nitrogen and oxygen atoms in total. The minimum absolute atomic E-state index is 0.0107. The molecule has 2 aromatic carbocycles. The van der Waals surface area contributed by atoms with Crippen LogP contribution in [0.15, 0.2) is 54.7 Å². The Morgan fingerprint density at radius 3 is 2.71 bits per heavy atom. The third-order valence-corrected chi connectivity index (χ3v) is 3.87. The van der Waals surface area contributed by atoms with E-state index in [2.05, 4.69) is 10.3 Å². The number of rotatable bonds is 6. The van der Waals surface area contributed by atoms with Gasteiger partial charge in [-0.25, -0.2) is 0 Å². The van der Waals surface area contributed by atoms with E-state index in [9.17, 15) is 15.2 Å². The molecule has 0 radical (unpaired) electrons. The third kappa shape index (κ3) is 3.33. The number of pyridine rings is 1. The number of nitro benzene ring substituents is 1. The highest BCUT2D eigenvalue weighted by Crippen LogP contribution is 2.34. The first-order valence-electron chi connectivity index (χ1n) is 7.65. The molecule has 0 spiro atoms. The Bertz CT molecular complexity index is 866. The van der Waals surface area contributed by atoms with Crippen molar-refractivity contribution in [2.75, 3.05) is 6.54 Å². The Morgan fingerprint density at radius 2 is 1.96 bits per heavy atom. The number of nitro groups is 1. The van der Waals surface area contributed by atoms with Crippen molar-refractivity contribution >= 4 is 16.6 Å². The summed E-state index contributed by atoms with van der Waals surface area (Å²) in [6.07, 6.45) is 2.36. The first-order valence-corrected chi connectivity index (χ1v) is 7.65. The zero-order valence-corrected chi connectivity index (χ0v) is 13.0. The Kier molecular flexibility index (Phi) is 4.67. The Hall–Kier alpha value is -2.99. The number of fused-ring (bicyclic) bond motifs is 1. The van der Waals surface area contributed by atoms with Crippen LogP contribution >= 0.6 is 0 Å². The van der Waals surface area contributed by atoms with E-state index in [0.29, 0.717) is 24.0 Å². The van der Waals surface area contributed by atoms with Crippen molar-refractivity contribution in [1.29, 1.82) is 0 Å². The van der Waals surface area contributed by atoms with Crippen LogP contribution in [-0.2, 0) is 13.0 Å². The number of hydrogen-bond donors (Lipinski definition) is 2. The Morgan fingerprint density at radius 1 is 1.17 bits per heavy atom. The van der Waals surface area contributed by atoms with Gasteiger partial charge in [0.05, 0.1) is 10.3 Å². The van der Waals surface area contributed by atoms with E-state index in [1.807, 2.05) is 30.3 Å². The molecule has 0 saturated heterocycles. The molecule has 0 bridgehead atoms. The van der Waals surface area contributed by atoms with E-state index >= 15 is 0 Å². The minimum atomic E-state index is -0.447. The quantitative estimate of drug-likeness (QED) is 0.413. The summed E-state index contributed by atoms with van der Waals surface area (Å²) in [5.74, 6) is -0.0107. The van der Waals surface area contributed by atoms with Gasteiger partial charge < -0.3 is 10.4 Å². The van der Waals surface area contributed by atoms with Crippen LogP contribution in [0.1, 0.15) is 11.1 Å². The lowest BCUT2D eigenvalue weighted by Crippen LogP contribution is -2.17. The van der Waals surface area contributed by atoms with Crippen LogP contribution in [0.25, 0.3) is 10.9 Å².